The van der Waals surface area contributed by atoms with Crippen molar-refractivity contribution in [1.82, 2.24) is 15.2 Å². The molecular formula is C14H16ClN5S. The SMILES string of the molecule is Cl.Nc1cc(NCC2CC2)c2sc(-c3ccn[nH]3)cc2n1. The summed E-state index contributed by atoms with van der Waals surface area (Å²) in [7, 11) is 0. The molecule has 110 valence electrons. The highest BCUT2D eigenvalue weighted by Crippen LogP contribution is 2.37. The maximum Gasteiger partial charge on any atom is 0.126 e. The van der Waals surface area contributed by atoms with Gasteiger partial charge in [0.25, 0.3) is 0 Å². The van der Waals surface area contributed by atoms with Crippen LogP contribution >= 0.6 is 23.7 Å². The predicted molar refractivity (Wildman–Crippen MR) is 90.1 cm³/mol. The third-order valence-electron chi connectivity index (χ3n) is 3.54. The van der Waals surface area contributed by atoms with E-state index in [9.17, 15) is 0 Å². The number of pyridine rings is 1. The first-order valence-corrected chi connectivity index (χ1v) is 7.55. The number of rotatable bonds is 4. The summed E-state index contributed by atoms with van der Waals surface area (Å²) in [4.78, 5) is 5.55. The molecule has 0 atom stereocenters. The van der Waals surface area contributed by atoms with Gasteiger partial charge in [-0.2, -0.15) is 5.10 Å². The first-order chi connectivity index (χ1) is 9.79. The smallest absolute Gasteiger partial charge is 0.126 e. The molecule has 7 heteroatoms. The second-order valence-electron chi connectivity index (χ2n) is 5.21. The fraction of sp³-hybridized carbons (Fsp3) is 0.286. The van der Waals surface area contributed by atoms with Crippen molar-refractivity contribution < 1.29 is 0 Å². The number of thiophene rings is 1. The summed E-state index contributed by atoms with van der Waals surface area (Å²) >= 11 is 1.71. The Kier molecular flexibility index (Phi) is 3.73. The van der Waals surface area contributed by atoms with Gasteiger partial charge in [-0.1, -0.05) is 0 Å². The molecule has 3 aromatic rings. The summed E-state index contributed by atoms with van der Waals surface area (Å²) in [6, 6.07) is 5.95. The number of hydrogen-bond acceptors (Lipinski definition) is 5. The summed E-state index contributed by atoms with van der Waals surface area (Å²) in [5, 5.41) is 10.5. The van der Waals surface area contributed by atoms with E-state index in [0.717, 1.165) is 38.9 Å². The molecule has 0 unspecified atom stereocenters. The second-order valence-corrected chi connectivity index (χ2v) is 6.27. The number of anilines is 2. The maximum absolute atomic E-state index is 5.91. The minimum Gasteiger partial charge on any atom is -0.384 e. The zero-order valence-electron chi connectivity index (χ0n) is 11.3. The zero-order valence-corrected chi connectivity index (χ0v) is 12.9. The number of halogens is 1. The van der Waals surface area contributed by atoms with Crippen molar-refractivity contribution in [3.05, 3.63) is 24.4 Å². The number of nitrogens with one attached hydrogen (secondary N) is 2. The number of H-pyrrole nitrogens is 1. The molecule has 1 aliphatic rings. The van der Waals surface area contributed by atoms with Crippen LogP contribution < -0.4 is 11.1 Å². The molecule has 0 bridgehead atoms. The molecule has 3 aromatic heterocycles. The summed E-state index contributed by atoms with van der Waals surface area (Å²) in [5.74, 6) is 1.39. The van der Waals surface area contributed by atoms with E-state index < -0.39 is 0 Å². The lowest BCUT2D eigenvalue weighted by Crippen LogP contribution is -2.04. The van der Waals surface area contributed by atoms with Crippen LogP contribution in [0, 0.1) is 5.92 Å². The molecule has 4 N–H and O–H groups in total. The van der Waals surface area contributed by atoms with Gasteiger partial charge in [0, 0.05) is 18.8 Å². The first-order valence-electron chi connectivity index (χ1n) is 6.73. The van der Waals surface area contributed by atoms with E-state index in [0.29, 0.717) is 5.82 Å². The van der Waals surface area contributed by atoms with E-state index in [4.69, 9.17) is 5.73 Å². The van der Waals surface area contributed by atoms with E-state index >= 15 is 0 Å². The largest absolute Gasteiger partial charge is 0.384 e. The van der Waals surface area contributed by atoms with Gasteiger partial charge in [0.2, 0.25) is 0 Å². The van der Waals surface area contributed by atoms with Crippen LogP contribution in [-0.4, -0.2) is 21.7 Å². The summed E-state index contributed by atoms with van der Waals surface area (Å²) in [6.07, 6.45) is 4.43. The van der Waals surface area contributed by atoms with Gasteiger partial charge in [-0.15, -0.1) is 23.7 Å². The molecule has 0 radical (unpaired) electrons. The Hall–Kier alpha value is -1.79. The van der Waals surface area contributed by atoms with Crippen LogP contribution in [0.1, 0.15) is 12.8 Å². The molecule has 0 amide bonds. The molecule has 1 fully saturated rings. The molecule has 0 aliphatic heterocycles. The van der Waals surface area contributed by atoms with Gasteiger partial charge in [0.1, 0.15) is 5.82 Å². The normalized spacial score (nSPS) is 14.1. The molecule has 1 saturated carbocycles. The standard InChI is InChI=1S/C14H15N5S.ClH/c15-13-6-10(16-7-8-1-2-8)14-11(18-13)5-12(20-14)9-3-4-17-19-9;/h3-6,8H,1-2,7H2,(H,17,19)(H3,15,16,18);1H. The minimum absolute atomic E-state index is 0. The van der Waals surface area contributed by atoms with Crippen LogP contribution in [-0.2, 0) is 0 Å². The van der Waals surface area contributed by atoms with Crippen molar-refractivity contribution in [2.75, 3.05) is 17.6 Å². The van der Waals surface area contributed by atoms with Gasteiger partial charge >= 0.3 is 0 Å². The minimum atomic E-state index is 0. The fourth-order valence-electron chi connectivity index (χ4n) is 2.28. The lowest BCUT2D eigenvalue weighted by atomic mass is 10.3. The summed E-state index contributed by atoms with van der Waals surface area (Å²) in [5.41, 5.74) is 8.96. The first kappa shape index (κ1) is 14.2. The zero-order chi connectivity index (χ0) is 13.5. The summed E-state index contributed by atoms with van der Waals surface area (Å²) < 4.78 is 1.16. The number of aromatic amines is 1. The Labute approximate surface area is 132 Å². The third kappa shape index (κ3) is 2.82. The van der Waals surface area contributed by atoms with Crippen molar-refractivity contribution in [2.45, 2.75) is 12.8 Å². The van der Waals surface area contributed by atoms with E-state index in [1.807, 2.05) is 12.1 Å². The van der Waals surface area contributed by atoms with Crippen molar-refractivity contribution in [3.63, 3.8) is 0 Å². The van der Waals surface area contributed by atoms with Gasteiger partial charge in [-0.25, -0.2) is 4.98 Å². The third-order valence-corrected chi connectivity index (χ3v) is 4.73. The van der Waals surface area contributed by atoms with E-state index in [-0.39, 0.29) is 12.4 Å². The lowest BCUT2D eigenvalue weighted by molar-refractivity contribution is 0.890. The Bertz CT molecular complexity index is 748. The van der Waals surface area contributed by atoms with Gasteiger partial charge in [0.15, 0.2) is 0 Å². The van der Waals surface area contributed by atoms with Crippen LogP contribution in [0.25, 0.3) is 20.8 Å². The molecule has 0 aromatic carbocycles. The highest BCUT2D eigenvalue weighted by atomic mass is 35.5. The Morgan fingerprint density at radius 2 is 2.24 bits per heavy atom. The van der Waals surface area contributed by atoms with Crippen LogP contribution in [0.2, 0.25) is 0 Å². The van der Waals surface area contributed by atoms with Crippen molar-refractivity contribution >= 4 is 45.5 Å². The molecule has 5 nitrogen and oxygen atoms in total. The average Bonchev–Trinajstić information content (AvgIpc) is 2.93. The molecule has 21 heavy (non-hydrogen) atoms. The predicted octanol–water partition coefficient (Wildman–Crippen LogP) is 3.51. The monoisotopic (exact) mass is 321 g/mol. The second kappa shape index (κ2) is 5.54. The summed E-state index contributed by atoms with van der Waals surface area (Å²) in [6.45, 7) is 1.02. The highest BCUT2D eigenvalue weighted by molar-refractivity contribution is 7.22. The highest BCUT2D eigenvalue weighted by Gasteiger charge is 2.21. The van der Waals surface area contributed by atoms with Crippen LogP contribution in [0.15, 0.2) is 24.4 Å². The topological polar surface area (TPSA) is 79.6 Å². The molecule has 4 rings (SSSR count). The van der Waals surface area contributed by atoms with Gasteiger partial charge in [-0.05, 0) is 30.9 Å². The molecule has 0 spiro atoms. The number of nitrogens with zero attached hydrogens (tertiary/aromatic N) is 2. The van der Waals surface area contributed by atoms with Crippen molar-refractivity contribution in [1.29, 1.82) is 0 Å². The Balaban J connectivity index is 0.00000132. The Morgan fingerprint density at radius 1 is 1.38 bits per heavy atom. The quantitative estimate of drug-likeness (QED) is 0.687. The van der Waals surface area contributed by atoms with Gasteiger partial charge in [-0.3, -0.25) is 5.10 Å². The molecule has 0 saturated heterocycles. The van der Waals surface area contributed by atoms with Crippen LogP contribution in [0.4, 0.5) is 11.5 Å². The molecule has 1 aliphatic carbocycles. The van der Waals surface area contributed by atoms with E-state index in [1.54, 1.807) is 17.5 Å². The average molecular weight is 322 g/mol. The number of nitrogen functional groups attached to an aromatic ring is 1. The number of hydrogen-bond donors (Lipinski definition) is 3. The van der Waals surface area contributed by atoms with Gasteiger partial charge < -0.3 is 11.1 Å². The van der Waals surface area contributed by atoms with Crippen molar-refractivity contribution in [3.8, 4) is 10.6 Å². The lowest BCUT2D eigenvalue weighted by Gasteiger charge is -2.07. The molecular weight excluding hydrogens is 306 g/mol. The van der Waals surface area contributed by atoms with Crippen LogP contribution in [0.3, 0.4) is 0 Å². The van der Waals surface area contributed by atoms with Crippen molar-refractivity contribution in [2.24, 2.45) is 5.92 Å². The van der Waals surface area contributed by atoms with Crippen LogP contribution in [0.5, 0.6) is 0 Å². The maximum atomic E-state index is 5.91. The molecule has 3 heterocycles. The van der Waals surface area contributed by atoms with E-state index in [1.165, 1.54) is 12.8 Å². The number of fused-ring (bicyclic) bond motifs is 1. The number of nitrogens with two attached hydrogens (primary N) is 1. The van der Waals surface area contributed by atoms with E-state index in [2.05, 4.69) is 26.6 Å². The fourth-order valence-corrected chi connectivity index (χ4v) is 3.34. The Morgan fingerprint density at radius 3 is 2.95 bits per heavy atom. The van der Waals surface area contributed by atoms with Gasteiger partial charge in [0.05, 0.1) is 26.5 Å². The number of aromatic nitrogens is 3.